The van der Waals surface area contributed by atoms with E-state index in [1.807, 2.05) is 30.3 Å². The van der Waals surface area contributed by atoms with Crippen LogP contribution < -0.4 is 0 Å². The first-order valence-electron chi connectivity index (χ1n) is 10.8. The Balaban J connectivity index is 1.82. The summed E-state index contributed by atoms with van der Waals surface area (Å²) in [6.45, 7) is 1.70. The van der Waals surface area contributed by atoms with Gasteiger partial charge in [0.2, 0.25) is 0 Å². The van der Waals surface area contributed by atoms with Gasteiger partial charge in [-0.15, -0.1) is 0 Å². The van der Waals surface area contributed by atoms with E-state index in [-0.39, 0.29) is 16.7 Å². The van der Waals surface area contributed by atoms with Crippen molar-refractivity contribution in [1.29, 1.82) is 0 Å². The quantitative estimate of drug-likeness (QED) is 0.198. The van der Waals surface area contributed by atoms with E-state index in [4.69, 9.17) is 11.6 Å². The number of aromatic nitrogens is 6. The maximum Gasteiger partial charge on any atom is 0.433 e. The molecule has 0 aliphatic carbocycles. The molecule has 12 heteroatoms. The van der Waals surface area contributed by atoms with Gasteiger partial charge in [0.1, 0.15) is 5.69 Å². The van der Waals surface area contributed by atoms with Gasteiger partial charge < -0.3 is 0 Å². The van der Waals surface area contributed by atoms with Gasteiger partial charge >= 0.3 is 6.18 Å². The van der Waals surface area contributed by atoms with Crippen LogP contribution in [0.2, 0.25) is 5.02 Å². The lowest BCUT2D eigenvalue weighted by molar-refractivity contribution is -0.141. The van der Waals surface area contributed by atoms with E-state index < -0.39 is 11.9 Å². The van der Waals surface area contributed by atoms with Crippen molar-refractivity contribution < 1.29 is 13.2 Å². The van der Waals surface area contributed by atoms with Crippen LogP contribution in [-0.2, 0) is 13.2 Å². The van der Waals surface area contributed by atoms with E-state index in [0.29, 0.717) is 33.8 Å². The van der Waals surface area contributed by atoms with Crippen molar-refractivity contribution in [2.45, 2.75) is 13.1 Å². The van der Waals surface area contributed by atoms with E-state index >= 15 is 0 Å². The van der Waals surface area contributed by atoms with Crippen molar-refractivity contribution in [2.75, 3.05) is 0 Å². The Bertz CT molecular complexity index is 1640. The molecule has 0 bridgehead atoms. The van der Waals surface area contributed by atoms with E-state index in [0.717, 1.165) is 15.0 Å². The number of halogens is 6. The third kappa shape index (κ3) is 5.07. The van der Waals surface area contributed by atoms with Crippen LogP contribution in [0.15, 0.2) is 69.7 Å². The summed E-state index contributed by atoms with van der Waals surface area (Å²) in [7, 11) is 1.69. The summed E-state index contributed by atoms with van der Waals surface area (Å²) < 4.78 is 46.3. The predicted molar refractivity (Wildman–Crippen MR) is 142 cm³/mol. The van der Waals surface area contributed by atoms with E-state index in [1.54, 1.807) is 38.4 Å². The van der Waals surface area contributed by atoms with Gasteiger partial charge in [0, 0.05) is 38.9 Å². The summed E-state index contributed by atoms with van der Waals surface area (Å²) in [5, 5.41) is 9.11. The van der Waals surface area contributed by atoms with E-state index in [2.05, 4.69) is 52.0 Å². The molecule has 5 rings (SSSR count). The number of nitrogens with zero attached hydrogens (tertiary/aromatic N) is 6. The molecule has 0 radical (unpaired) electrons. The van der Waals surface area contributed by atoms with Crippen LogP contribution >= 0.6 is 43.5 Å². The molecule has 0 atom stereocenters. The Morgan fingerprint density at radius 3 is 2.14 bits per heavy atom. The number of rotatable bonds is 4. The molecule has 188 valence electrons. The van der Waals surface area contributed by atoms with Crippen LogP contribution in [0.5, 0.6) is 0 Å². The largest absolute Gasteiger partial charge is 0.433 e. The van der Waals surface area contributed by atoms with Crippen molar-refractivity contribution in [2.24, 2.45) is 7.05 Å². The summed E-state index contributed by atoms with van der Waals surface area (Å²) in [5.74, 6) is -0.272. The fraction of sp³-hybridized carbons (Fsp3) is 0.120. The lowest BCUT2D eigenvalue weighted by Gasteiger charge is -2.12. The van der Waals surface area contributed by atoms with Crippen LogP contribution in [0.1, 0.15) is 11.4 Å². The second-order valence-corrected chi connectivity index (χ2v) is 10.4. The molecule has 0 unspecified atom stereocenters. The minimum atomic E-state index is -4.72. The minimum Gasteiger partial charge on any atom is -0.275 e. The lowest BCUT2D eigenvalue weighted by atomic mass is 10.1. The van der Waals surface area contributed by atoms with Gasteiger partial charge in [-0.2, -0.15) is 28.1 Å². The molecule has 0 spiro atoms. The number of hydrogen-bond acceptors (Lipinski definition) is 4. The topological polar surface area (TPSA) is 61.4 Å². The zero-order valence-corrected chi connectivity index (χ0v) is 23.2. The third-order valence-electron chi connectivity index (χ3n) is 5.51. The van der Waals surface area contributed by atoms with Gasteiger partial charge in [0.25, 0.3) is 5.95 Å². The van der Waals surface area contributed by atoms with Gasteiger partial charge in [0.05, 0.1) is 22.1 Å². The lowest BCUT2D eigenvalue weighted by Crippen LogP contribution is -2.14. The highest BCUT2D eigenvalue weighted by molar-refractivity contribution is 9.10. The second kappa shape index (κ2) is 9.70. The summed E-state index contributed by atoms with van der Waals surface area (Å²) in [5.41, 5.74) is 1.96. The van der Waals surface area contributed by atoms with Crippen molar-refractivity contribution in [3.8, 4) is 39.7 Å². The standard InChI is InChI=1S/C25H16Br2ClF3N6/c1-13-18(12-36(2)34-13)19-11-20(25(29,30)31)33-24(32-19)37-23(15-6-4-8-17(27)10-15)21(28)22(35-37)14-5-3-7-16(26)9-14/h3-12H,1-2H3. The molecule has 2 aromatic carbocycles. The molecule has 0 aliphatic rings. The maximum atomic E-state index is 14.0. The molecule has 0 amide bonds. The molecule has 0 fully saturated rings. The average Bonchev–Trinajstić information content (AvgIpc) is 3.36. The molecule has 0 aliphatic heterocycles. The van der Waals surface area contributed by atoms with Crippen molar-refractivity contribution >= 4 is 43.5 Å². The predicted octanol–water partition coefficient (Wildman–Crippen LogP) is 7.90. The summed E-state index contributed by atoms with van der Waals surface area (Å²) in [6.07, 6.45) is -3.11. The Hall–Kier alpha value is -3.02. The fourth-order valence-corrected chi connectivity index (χ4v) is 5.05. The highest BCUT2D eigenvalue weighted by Crippen LogP contribution is 2.40. The van der Waals surface area contributed by atoms with Gasteiger partial charge in [-0.05, 0) is 37.3 Å². The Morgan fingerprint density at radius 1 is 0.892 bits per heavy atom. The van der Waals surface area contributed by atoms with Gasteiger partial charge in [-0.1, -0.05) is 67.7 Å². The first-order chi connectivity index (χ1) is 17.5. The molecular formula is C25H16Br2ClF3N6. The number of hydrogen-bond donors (Lipinski definition) is 0. The normalized spacial score (nSPS) is 11.8. The smallest absolute Gasteiger partial charge is 0.275 e. The number of benzene rings is 2. The Kier molecular flexibility index (Phi) is 6.71. The highest BCUT2D eigenvalue weighted by atomic mass is 79.9. The fourth-order valence-electron chi connectivity index (χ4n) is 3.91. The van der Waals surface area contributed by atoms with E-state index in [9.17, 15) is 13.2 Å². The van der Waals surface area contributed by atoms with Crippen LogP contribution in [0.4, 0.5) is 13.2 Å². The number of alkyl halides is 3. The Labute approximate surface area is 231 Å². The first kappa shape index (κ1) is 25.6. The molecule has 5 aromatic rings. The zero-order chi connectivity index (χ0) is 26.5. The molecule has 37 heavy (non-hydrogen) atoms. The van der Waals surface area contributed by atoms with Crippen LogP contribution in [0.3, 0.4) is 0 Å². The van der Waals surface area contributed by atoms with Crippen molar-refractivity contribution in [1.82, 2.24) is 29.5 Å². The average molecular weight is 653 g/mol. The molecule has 3 aromatic heterocycles. The van der Waals surface area contributed by atoms with Crippen molar-refractivity contribution in [3.05, 3.63) is 86.2 Å². The van der Waals surface area contributed by atoms with Gasteiger partial charge in [-0.25, -0.2) is 9.97 Å². The monoisotopic (exact) mass is 650 g/mol. The highest BCUT2D eigenvalue weighted by Gasteiger charge is 2.35. The molecule has 6 nitrogen and oxygen atoms in total. The maximum absolute atomic E-state index is 14.0. The molecule has 0 N–H and O–H groups in total. The minimum absolute atomic E-state index is 0.0683. The van der Waals surface area contributed by atoms with Gasteiger partial charge in [0.15, 0.2) is 5.69 Å². The van der Waals surface area contributed by atoms with Gasteiger partial charge in [-0.3, -0.25) is 4.68 Å². The molecular weight excluding hydrogens is 637 g/mol. The zero-order valence-electron chi connectivity index (χ0n) is 19.2. The Morgan fingerprint density at radius 2 is 1.54 bits per heavy atom. The molecule has 3 heterocycles. The summed E-state index contributed by atoms with van der Waals surface area (Å²) in [6, 6.07) is 15.4. The third-order valence-corrected chi connectivity index (χ3v) is 6.85. The number of aryl methyl sites for hydroxylation is 2. The molecule has 0 saturated carbocycles. The van der Waals surface area contributed by atoms with Crippen LogP contribution in [0.25, 0.3) is 39.7 Å². The summed E-state index contributed by atoms with van der Waals surface area (Å²) in [4.78, 5) is 8.36. The second-order valence-electron chi connectivity index (χ2n) is 8.18. The summed E-state index contributed by atoms with van der Waals surface area (Å²) >= 11 is 13.8. The first-order valence-corrected chi connectivity index (χ1v) is 12.8. The van der Waals surface area contributed by atoms with Crippen molar-refractivity contribution in [3.63, 3.8) is 0 Å². The molecule has 0 saturated heterocycles. The van der Waals surface area contributed by atoms with Crippen LogP contribution in [0, 0.1) is 6.92 Å². The van der Waals surface area contributed by atoms with E-state index in [1.165, 1.54) is 9.36 Å². The van der Waals surface area contributed by atoms with Crippen LogP contribution in [-0.4, -0.2) is 29.5 Å². The SMILES string of the molecule is Cc1nn(C)cc1-c1cc(C(F)(F)F)nc(-n2nc(-c3cccc(Br)c3)c(Cl)c2-c2cccc(Br)c2)n1.